The Morgan fingerprint density at radius 2 is 1.74 bits per heavy atom. The zero-order valence-corrected chi connectivity index (χ0v) is 14.4. The third-order valence-electron chi connectivity index (χ3n) is 3.32. The molecular formula is C17H17Cl2N3O. The molecule has 0 aliphatic heterocycles. The number of hydrazone groups is 1. The molecule has 0 fully saturated rings. The van der Waals surface area contributed by atoms with Crippen LogP contribution in [-0.4, -0.2) is 23.7 Å². The number of nitrogens with two attached hydrogens (primary N) is 1. The number of anilines is 1. The number of hydrogen-bond donors (Lipinski definition) is 1. The number of carbonyl (C=O) groups excluding carboxylic acids is 1. The maximum Gasteiger partial charge on any atom is 0.273 e. The topological polar surface area (TPSA) is 58.7 Å². The van der Waals surface area contributed by atoms with E-state index in [4.69, 9.17) is 28.9 Å². The van der Waals surface area contributed by atoms with Crippen molar-refractivity contribution in [2.24, 2.45) is 5.10 Å². The summed E-state index contributed by atoms with van der Waals surface area (Å²) in [6.07, 6.45) is 0.614. The molecule has 6 heteroatoms. The Kier molecular flexibility index (Phi) is 5.64. The van der Waals surface area contributed by atoms with Gasteiger partial charge in [-0.1, -0.05) is 30.1 Å². The van der Waals surface area contributed by atoms with E-state index in [-0.39, 0.29) is 5.91 Å². The van der Waals surface area contributed by atoms with Crippen LogP contribution in [0.5, 0.6) is 0 Å². The Bertz CT molecular complexity index is 742. The predicted octanol–water partition coefficient (Wildman–Crippen LogP) is 4.46. The molecule has 0 radical (unpaired) electrons. The van der Waals surface area contributed by atoms with Gasteiger partial charge in [-0.3, -0.25) is 4.79 Å². The second kappa shape index (κ2) is 7.49. The van der Waals surface area contributed by atoms with Gasteiger partial charge < -0.3 is 5.73 Å². The van der Waals surface area contributed by atoms with Crippen LogP contribution in [-0.2, 0) is 0 Å². The molecule has 23 heavy (non-hydrogen) atoms. The Morgan fingerprint density at radius 1 is 1.13 bits per heavy atom. The molecule has 0 heterocycles. The van der Waals surface area contributed by atoms with Crippen LogP contribution in [0, 0.1) is 0 Å². The number of rotatable bonds is 4. The summed E-state index contributed by atoms with van der Waals surface area (Å²) < 4.78 is 0. The summed E-state index contributed by atoms with van der Waals surface area (Å²) in [4.78, 5) is 12.4. The number of benzene rings is 2. The van der Waals surface area contributed by atoms with Crippen LogP contribution < -0.4 is 5.73 Å². The van der Waals surface area contributed by atoms with Crippen LogP contribution in [0.25, 0.3) is 0 Å². The van der Waals surface area contributed by atoms with E-state index in [0.29, 0.717) is 33.4 Å². The van der Waals surface area contributed by atoms with E-state index >= 15 is 0 Å². The number of amides is 1. The van der Waals surface area contributed by atoms with Gasteiger partial charge in [0.25, 0.3) is 5.91 Å². The Morgan fingerprint density at radius 3 is 2.35 bits per heavy atom. The third kappa shape index (κ3) is 4.24. The van der Waals surface area contributed by atoms with Crippen molar-refractivity contribution in [3.8, 4) is 0 Å². The lowest BCUT2D eigenvalue weighted by Crippen LogP contribution is -2.23. The molecular weight excluding hydrogens is 333 g/mol. The summed E-state index contributed by atoms with van der Waals surface area (Å²) in [5, 5.41) is 6.84. The molecule has 2 aromatic rings. The van der Waals surface area contributed by atoms with E-state index in [1.54, 1.807) is 49.5 Å². The molecule has 0 bridgehead atoms. The van der Waals surface area contributed by atoms with Crippen molar-refractivity contribution in [3.05, 3.63) is 63.6 Å². The molecule has 0 atom stereocenters. The fourth-order valence-corrected chi connectivity index (χ4v) is 2.40. The van der Waals surface area contributed by atoms with Crippen molar-refractivity contribution in [1.82, 2.24) is 5.01 Å². The van der Waals surface area contributed by atoms with E-state index in [0.717, 1.165) is 5.56 Å². The maximum absolute atomic E-state index is 12.4. The zero-order chi connectivity index (χ0) is 17.0. The fourth-order valence-electron chi connectivity index (χ4n) is 2.10. The van der Waals surface area contributed by atoms with Gasteiger partial charge in [0.15, 0.2) is 0 Å². The highest BCUT2D eigenvalue weighted by Gasteiger charge is 2.14. The average Bonchev–Trinajstić information content (AvgIpc) is 2.55. The highest BCUT2D eigenvalue weighted by atomic mass is 35.5. The summed E-state index contributed by atoms with van der Waals surface area (Å²) in [5.41, 5.74) is 8.49. The van der Waals surface area contributed by atoms with Crippen molar-refractivity contribution in [3.63, 3.8) is 0 Å². The lowest BCUT2D eigenvalue weighted by atomic mass is 10.1. The van der Waals surface area contributed by atoms with Gasteiger partial charge in [0.05, 0.1) is 5.71 Å². The Hall–Kier alpha value is -2.04. The first-order valence-electron chi connectivity index (χ1n) is 7.09. The maximum atomic E-state index is 12.4. The highest BCUT2D eigenvalue weighted by molar-refractivity contribution is 6.31. The molecule has 0 saturated heterocycles. The van der Waals surface area contributed by atoms with Crippen LogP contribution in [0.15, 0.2) is 47.6 Å². The van der Waals surface area contributed by atoms with Crippen LogP contribution >= 0.6 is 23.2 Å². The smallest absolute Gasteiger partial charge is 0.273 e. The second-order valence-electron chi connectivity index (χ2n) is 4.97. The van der Waals surface area contributed by atoms with E-state index in [1.807, 2.05) is 6.92 Å². The molecule has 120 valence electrons. The molecule has 0 unspecified atom stereocenters. The summed E-state index contributed by atoms with van der Waals surface area (Å²) in [7, 11) is 1.60. The molecule has 0 aliphatic rings. The highest BCUT2D eigenvalue weighted by Crippen LogP contribution is 2.20. The first kappa shape index (κ1) is 17.3. The van der Waals surface area contributed by atoms with E-state index in [1.165, 1.54) is 5.01 Å². The summed E-state index contributed by atoms with van der Waals surface area (Å²) in [6, 6.07) is 11.9. The molecule has 2 rings (SSSR count). The average molecular weight is 350 g/mol. The van der Waals surface area contributed by atoms with Gasteiger partial charge in [-0.15, -0.1) is 0 Å². The molecule has 0 saturated carbocycles. The SMILES string of the molecule is CC/C(=N\N(C)C(=O)c1ccc(Cl)cc1)c1cc(Cl)ccc1N. The quantitative estimate of drug-likeness (QED) is 0.503. The lowest BCUT2D eigenvalue weighted by molar-refractivity contribution is 0.0799. The summed E-state index contributed by atoms with van der Waals surface area (Å²) in [5.74, 6) is -0.229. The number of halogens is 2. The van der Waals surface area contributed by atoms with Crippen LogP contribution in [0.4, 0.5) is 5.69 Å². The van der Waals surface area contributed by atoms with Gasteiger partial charge in [-0.05, 0) is 48.9 Å². The van der Waals surface area contributed by atoms with Crippen LogP contribution in [0.3, 0.4) is 0 Å². The zero-order valence-electron chi connectivity index (χ0n) is 12.9. The molecule has 0 aromatic heterocycles. The Balaban J connectivity index is 2.31. The number of nitrogen functional groups attached to an aromatic ring is 1. The normalized spacial score (nSPS) is 11.4. The van der Waals surface area contributed by atoms with Gasteiger partial charge in [0.1, 0.15) is 0 Å². The monoisotopic (exact) mass is 349 g/mol. The number of carbonyl (C=O) groups is 1. The van der Waals surface area contributed by atoms with Gasteiger partial charge in [0, 0.05) is 33.9 Å². The van der Waals surface area contributed by atoms with Gasteiger partial charge >= 0.3 is 0 Å². The fraction of sp³-hybridized carbons (Fsp3) is 0.176. The minimum Gasteiger partial charge on any atom is -0.398 e. The molecule has 0 aliphatic carbocycles. The van der Waals surface area contributed by atoms with Crippen molar-refractivity contribution in [2.75, 3.05) is 12.8 Å². The van der Waals surface area contributed by atoms with E-state index in [2.05, 4.69) is 5.10 Å². The lowest BCUT2D eigenvalue weighted by Gasteiger charge is -2.15. The molecule has 2 N–H and O–H groups in total. The van der Waals surface area contributed by atoms with Crippen molar-refractivity contribution >= 4 is 40.5 Å². The minimum absolute atomic E-state index is 0.229. The summed E-state index contributed by atoms with van der Waals surface area (Å²) >= 11 is 11.9. The predicted molar refractivity (Wildman–Crippen MR) is 96.2 cm³/mol. The minimum atomic E-state index is -0.229. The van der Waals surface area contributed by atoms with Crippen LogP contribution in [0.1, 0.15) is 29.3 Å². The molecule has 0 spiro atoms. The van der Waals surface area contributed by atoms with Gasteiger partial charge in [-0.2, -0.15) is 5.10 Å². The van der Waals surface area contributed by atoms with Crippen molar-refractivity contribution in [2.45, 2.75) is 13.3 Å². The van der Waals surface area contributed by atoms with Crippen molar-refractivity contribution in [1.29, 1.82) is 0 Å². The van der Waals surface area contributed by atoms with E-state index < -0.39 is 0 Å². The third-order valence-corrected chi connectivity index (χ3v) is 3.80. The van der Waals surface area contributed by atoms with Crippen LogP contribution in [0.2, 0.25) is 10.0 Å². The molecule has 4 nitrogen and oxygen atoms in total. The Labute approximate surface area is 145 Å². The molecule has 1 amide bonds. The van der Waals surface area contributed by atoms with Gasteiger partial charge in [0.2, 0.25) is 0 Å². The number of nitrogens with zero attached hydrogens (tertiary/aromatic N) is 2. The standard InChI is InChI=1S/C17H17Cl2N3O/c1-3-16(14-10-13(19)8-9-15(14)20)21-22(2)17(23)11-4-6-12(18)7-5-11/h4-10H,3,20H2,1-2H3/b21-16+. The van der Waals surface area contributed by atoms with Gasteiger partial charge in [-0.25, -0.2) is 5.01 Å². The van der Waals surface area contributed by atoms with E-state index in [9.17, 15) is 4.79 Å². The largest absolute Gasteiger partial charge is 0.398 e. The molecule has 2 aromatic carbocycles. The first-order valence-corrected chi connectivity index (χ1v) is 7.84. The summed E-state index contributed by atoms with van der Waals surface area (Å²) in [6.45, 7) is 1.94. The second-order valence-corrected chi connectivity index (χ2v) is 5.84. The number of hydrogen-bond acceptors (Lipinski definition) is 3. The van der Waals surface area contributed by atoms with Crippen molar-refractivity contribution < 1.29 is 4.79 Å². The first-order chi connectivity index (χ1) is 10.9.